The van der Waals surface area contributed by atoms with Crippen molar-refractivity contribution in [2.45, 2.75) is 44.6 Å². The van der Waals surface area contributed by atoms with E-state index < -0.39 is 0 Å². The average molecular weight is 361 g/mol. The van der Waals surface area contributed by atoms with E-state index in [0.29, 0.717) is 6.04 Å². The van der Waals surface area contributed by atoms with Crippen molar-refractivity contribution in [3.63, 3.8) is 0 Å². The first-order valence-electron chi connectivity index (χ1n) is 7.36. The third-order valence-electron chi connectivity index (χ3n) is 4.26. The Labute approximate surface area is 135 Å². The lowest BCUT2D eigenvalue weighted by Crippen LogP contribution is -2.22. The monoisotopic (exact) mass is 359 g/mol. The number of benzene rings is 1. The van der Waals surface area contributed by atoms with E-state index in [2.05, 4.69) is 21.2 Å². The van der Waals surface area contributed by atoms with E-state index in [1.165, 1.54) is 32.1 Å². The van der Waals surface area contributed by atoms with Gasteiger partial charge in [-0.25, -0.2) is 0 Å². The van der Waals surface area contributed by atoms with Crippen molar-refractivity contribution in [3.8, 4) is 5.75 Å². The molecule has 1 aromatic rings. The highest BCUT2D eigenvalue weighted by Gasteiger charge is 2.23. The molecular weight excluding hydrogens is 338 g/mol. The molecule has 4 heteroatoms. The Hall–Kier alpha value is -0.250. The standard InChI is InChI=1S/C16H23BrClNO/c1-19-15(8-11-6-4-3-5-7-11)13-9-12(18)10-14(17)16(13)20-2/h9-11,15,19H,3-8H2,1-2H3. The van der Waals surface area contributed by atoms with Crippen molar-refractivity contribution in [1.29, 1.82) is 0 Å². The maximum Gasteiger partial charge on any atom is 0.137 e. The predicted octanol–water partition coefficient (Wildman–Crippen LogP) is 5.34. The summed E-state index contributed by atoms with van der Waals surface area (Å²) < 4.78 is 6.48. The van der Waals surface area contributed by atoms with E-state index >= 15 is 0 Å². The van der Waals surface area contributed by atoms with Gasteiger partial charge in [-0.05, 0) is 47.4 Å². The SMILES string of the molecule is CNC(CC1CCCCC1)c1cc(Cl)cc(Br)c1OC. The highest BCUT2D eigenvalue weighted by atomic mass is 79.9. The molecule has 0 spiro atoms. The summed E-state index contributed by atoms with van der Waals surface area (Å²) >= 11 is 9.75. The van der Waals surface area contributed by atoms with Crippen molar-refractivity contribution >= 4 is 27.5 Å². The third kappa shape index (κ3) is 3.90. The van der Waals surface area contributed by atoms with Crippen LogP contribution in [0.3, 0.4) is 0 Å². The van der Waals surface area contributed by atoms with Gasteiger partial charge < -0.3 is 10.1 Å². The number of rotatable bonds is 5. The molecule has 2 nitrogen and oxygen atoms in total. The van der Waals surface area contributed by atoms with Gasteiger partial charge in [0.25, 0.3) is 0 Å². The summed E-state index contributed by atoms with van der Waals surface area (Å²) in [6.07, 6.45) is 7.99. The Morgan fingerprint density at radius 1 is 1.35 bits per heavy atom. The predicted molar refractivity (Wildman–Crippen MR) is 88.7 cm³/mol. The molecule has 0 amide bonds. The van der Waals surface area contributed by atoms with Crippen molar-refractivity contribution < 1.29 is 4.74 Å². The van der Waals surface area contributed by atoms with Crippen LogP contribution in [0.1, 0.15) is 50.1 Å². The van der Waals surface area contributed by atoms with Gasteiger partial charge in [-0.3, -0.25) is 0 Å². The summed E-state index contributed by atoms with van der Waals surface area (Å²) in [4.78, 5) is 0. The topological polar surface area (TPSA) is 21.3 Å². The van der Waals surface area contributed by atoms with Crippen molar-refractivity contribution in [2.24, 2.45) is 5.92 Å². The van der Waals surface area contributed by atoms with Gasteiger partial charge in [-0.15, -0.1) is 0 Å². The minimum atomic E-state index is 0.294. The highest BCUT2D eigenvalue weighted by molar-refractivity contribution is 9.10. The van der Waals surface area contributed by atoms with Gasteiger partial charge in [-0.2, -0.15) is 0 Å². The molecule has 1 aromatic carbocycles. The van der Waals surface area contributed by atoms with Gasteiger partial charge in [0.1, 0.15) is 5.75 Å². The van der Waals surface area contributed by atoms with Gasteiger partial charge >= 0.3 is 0 Å². The Bertz CT molecular complexity index is 446. The maximum absolute atomic E-state index is 6.21. The molecular formula is C16H23BrClNO. The van der Waals surface area contributed by atoms with E-state index in [4.69, 9.17) is 16.3 Å². The lowest BCUT2D eigenvalue weighted by Gasteiger charge is -2.28. The maximum atomic E-state index is 6.21. The van der Waals surface area contributed by atoms with E-state index in [-0.39, 0.29) is 0 Å². The zero-order valence-electron chi connectivity index (χ0n) is 12.2. The normalized spacial score (nSPS) is 18.0. The average Bonchev–Trinajstić information content (AvgIpc) is 2.45. The molecule has 1 aliphatic carbocycles. The Morgan fingerprint density at radius 3 is 2.65 bits per heavy atom. The van der Waals surface area contributed by atoms with Crippen LogP contribution in [-0.2, 0) is 0 Å². The molecule has 1 aliphatic rings. The van der Waals surface area contributed by atoms with Gasteiger partial charge in [0.2, 0.25) is 0 Å². The second-order valence-electron chi connectivity index (χ2n) is 5.59. The number of nitrogens with one attached hydrogen (secondary N) is 1. The van der Waals surface area contributed by atoms with Crippen LogP contribution in [0.25, 0.3) is 0 Å². The minimum absolute atomic E-state index is 0.294. The van der Waals surface area contributed by atoms with E-state index in [0.717, 1.165) is 33.1 Å². The van der Waals surface area contributed by atoms with Crippen LogP contribution in [0.2, 0.25) is 5.02 Å². The van der Waals surface area contributed by atoms with Gasteiger partial charge in [0.15, 0.2) is 0 Å². The summed E-state index contributed by atoms with van der Waals surface area (Å²) in [5.74, 6) is 1.70. The second kappa shape index (κ2) is 7.67. The molecule has 1 saturated carbocycles. The molecule has 1 unspecified atom stereocenters. The minimum Gasteiger partial charge on any atom is -0.495 e. The fraction of sp³-hybridized carbons (Fsp3) is 0.625. The van der Waals surface area contributed by atoms with Gasteiger partial charge in [0, 0.05) is 16.6 Å². The largest absolute Gasteiger partial charge is 0.495 e. The summed E-state index contributed by atoms with van der Waals surface area (Å²) in [5, 5.41) is 4.18. The Balaban J connectivity index is 2.21. The molecule has 1 fully saturated rings. The fourth-order valence-corrected chi connectivity index (χ4v) is 4.21. The van der Waals surface area contributed by atoms with Gasteiger partial charge in [0.05, 0.1) is 11.6 Å². The molecule has 0 saturated heterocycles. The first kappa shape index (κ1) is 16.1. The van der Waals surface area contributed by atoms with Crippen LogP contribution in [0.15, 0.2) is 16.6 Å². The Kier molecular flexibility index (Phi) is 6.19. The first-order chi connectivity index (χ1) is 9.65. The molecule has 112 valence electrons. The Morgan fingerprint density at radius 2 is 2.05 bits per heavy atom. The van der Waals surface area contributed by atoms with Crippen molar-refractivity contribution in [2.75, 3.05) is 14.2 Å². The van der Waals surface area contributed by atoms with Crippen LogP contribution < -0.4 is 10.1 Å². The highest BCUT2D eigenvalue weighted by Crippen LogP contribution is 2.39. The quantitative estimate of drug-likeness (QED) is 0.765. The molecule has 1 atom stereocenters. The lowest BCUT2D eigenvalue weighted by atomic mass is 9.83. The van der Waals surface area contributed by atoms with Crippen molar-refractivity contribution in [3.05, 3.63) is 27.2 Å². The van der Waals surface area contributed by atoms with E-state index in [1.807, 2.05) is 19.2 Å². The summed E-state index contributed by atoms with van der Waals surface area (Å²) in [7, 11) is 3.73. The molecule has 0 aliphatic heterocycles. The second-order valence-corrected chi connectivity index (χ2v) is 6.88. The number of hydrogen-bond donors (Lipinski definition) is 1. The summed E-state index contributed by atoms with van der Waals surface area (Å²) in [6, 6.07) is 4.20. The zero-order chi connectivity index (χ0) is 14.5. The molecule has 0 aromatic heterocycles. The fourth-order valence-electron chi connectivity index (χ4n) is 3.21. The molecule has 20 heavy (non-hydrogen) atoms. The van der Waals surface area contributed by atoms with Crippen LogP contribution >= 0.6 is 27.5 Å². The number of ether oxygens (including phenoxy) is 1. The number of halogens is 2. The molecule has 0 heterocycles. The van der Waals surface area contributed by atoms with Crippen LogP contribution in [0.5, 0.6) is 5.75 Å². The molecule has 1 N–H and O–H groups in total. The van der Waals surface area contributed by atoms with E-state index in [9.17, 15) is 0 Å². The van der Waals surface area contributed by atoms with Crippen LogP contribution in [0.4, 0.5) is 0 Å². The number of hydrogen-bond acceptors (Lipinski definition) is 2. The number of methoxy groups -OCH3 is 1. The summed E-state index contributed by atoms with van der Waals surface area (Å²) in [5.41, 5.74) is 1.15. The zero-order valence-corrected chi connectivity index (χ0v) is 14.6. The molecule has 0 bridgehead atoms. The third-order valence-corrected chi connectivity index (χ3v) is 5.07. The first-order valence-corrected chi connectivity index (χ1v) is 8.53. The van der Waals surface area contributed by atoms with Crippen LogP contribution in [-0.4, -0.2) is 14.2 Å². The van der Waals surface area contributed by atoms with Crippen LogP contribution in [0, 0.1) is 5.92 Å². The molecule has 0 radical (unpaired) electrons. The van der Waals surface area contributed by atoms with Gasteiger partial charge in [-0.1, -0.05) is 43.7 Å². The van der Waals surface area contributed by atoms with Crippen molar-refractivity contribution in [1.82, 2.24) is 5.32 Å². The lowest BCUT2D eigenvalue weighted by molar-refractivity contribution is 0.301. The van der Waals surface area contributed by atoms with E-state index in [1.54, 1.807) is 7.11 Å². The summed E-state index contributed by atoms with van der Waals surface area (Å²) in [6.45, 7) is 0. The smallest absolute Gasteiger partial charge is 0.137 e. The molecule has 2 rings (SSSR count).